The Morgan fingerprint density at radius 2 is 2.05 bits per heavy atom. The van der Waals surface area contributed by atoms with E-state index < -0.39 is 0 Å². The van der Waals surface area contributed by atoms with Crippen molar-refractivity contribution in [1.82, 2.24) is 9.55 Å². The van der Waals surface area contributed by atoms with Gasteiger partial charge in [0.1, 0.15) is 0 Å². The fourth-order valence-electron chi connectivity index (χ4n) is 1.79. The highest BCUT2D eigenvalue weighted by Gasteiger charge is 2.11. The molecule has 2 nitrogen and oxygen atoms in total. The Bertz CT molecular complexity index is 671. The third-order valence-electron chi connectivity index (χ3n) is 3.02. The zero-order valence-electron chi connectivity index (χ0n) is 11.3. The number of benzene rings is 1. The topological polar surface area (TPSA) is 17.8 Å². The van der Waals surface area contributed by atoms with Crippen LogP contribution in [0, 0.1) is 26.2 Å². The molecule has 0 spiro atoms. The molecule has 2 rings (SSSR count). The van der Waals surface area contributed by atoms with Crippen molar-refractivity contribution in [3.05, 3.63) is 45.2 Å². The number of terminal acetylenes is 1. The number of halogens is 2. The fraction of sp³-hybridized carbons (Fsp3) is 0.267. The minimum atomic E-state index is 0.538. The van der Waals surface area contributed by atoms with E-state index in [0.717, 1.165) is 27.9 Å². The van der Waals surface area contributed by atoms with E-state index in [1.165, 1.54) is 0 Å². The molecular weight excluding hydrogens is 311 g/mol. The van der Waals surface area contributed by atoms with E-state index in [0.29, 0.717) is 16.6 Å². The number of thioether (sulfide) groups is 1. The maximum absolute atomic E-state index is 6.02. The van der Waals surface area contributed by atoms with Crippen molar-refractivity contribution in [2.24, 2.45) is 0 Å². The summed E-state index contributed by atoms with van der Waals surface area (Å²) in [7, 11) is 0. The van der Waals surface area contributed by atoms with Gasteiger partial charge in [-0.05, 0) is 31.5 Å². The van der Waals surface area contributed by atoms with Crippen molar-refractivity contribution in [3.8, 4) is 12.3 Å². The number of hydrogen-bond acceptors (Lipinski definition) is 2. The summed E-state index contributed by atoms with van der Waals surface area (Å²) >= 11 is 13.6. The van der Waals surface area contributed by atoms with Crippen LogP contribution in [-0.2, 0) is 12.3 Å². The summed E-state index contributed by atoms with van der Waals surface area (Å²) < 4.78 is 2.05. The Balaban J connectivity index is 2.16. The zero-order valence-corrected chi connectivity index (χ0v) is 13.6. The predicted molar refractivity (Wildman–Crippen MR) is 86.6 cm³/mol. The molecular formula is C15H14Cl2N2S. The van der Waals surface area contributed by atoms with Crippen molar-refractivity contribution < 1.29 is 0 Å². The Kier molecular flexibility index (Phi) is 5.04. The molecule has 1 aromatic carbocycles. The number of aromatic nitrogens is 2. The van der Waals surface area contributed by atoms with Crippen molar-refractivity contribution in [2.75, 3.05) is 0 Å². The van der Waals surface area contributed by atoms with Crippen LogP contribution < -0.4 is 0 Å². The van der Waals surface area contributed by atoms with E-state index in [1.807, 2.05) is 32.0 Å². The van der Waals surface area contributed by atoms with Gasteiger partial charge in [0.25, 0.3) is 0 Å². The smallest absolute Gasteiger partial charge is 0.169 e. The van der Waals surface area contributed by atoms with Crippen LogP contribution in [0.15, 0.2) is 23.4 Å². The molecule has 20 heavy (non-hydrogen) atoms. The first-order valence-corrected chi connectivity index (χ1v) is 7.81. The summed E-state index contributed by atoms with van der Waals surface area (Å²) in [5.41, 5.74) is 3.23. The Morgan fingerprint density at radius 3 is 2.70 bits per heavy atom. The van der Waals surface area contributed by atoms with E-state index in [2.05, 4.69) is 15.5 Å². The lowest BCUT2D eigenvalue weighted by Gasteiger charge is -2.06. The molecule has 0 radical (unpaired) electrons. The summed E-state index contributed by atoms with van der Waals surface area (Å²) in [5.74, 6) is 3.44. The third kappa shape index (κ3) is 3.32. The third-order valence-corrected chi connectivity index (χ3v) is 4.81. The van der Waals surface area contributed by atoms with Crippen LogP contribution in [0.3, 0.4) is 0 Å². The quantitative estimate of drug-likeness (QED) is 0.597. The summed E-state index contributed by atoms with van der Waals surface area (Å²) in [5, 5.41) is 2.08. The molecule has 0 N–H and O–H groups in total. The average molecular weight is 325 g/mol. The van der Waals surface area contributed by atoms with Gasteiger partial charge in [0.2, 0.25) is 0 Å². The van der Waals surface area contributed by atoms with E-state index in [-0.39, 0.29) is 0 Å². The van der Waals surface area contributed by atoms with Gasteiger partial charge in [0, 0.05) is 11.4 Å². The van der Waals surface area contributed by atoms with Crippen molar-refractivity contribution in [1.29, 1.82) is 0 Å². The highest BCUT2D eigenvalue weighted by Crippen LogP contribution is 2.28. The average Bonchev–Trinajstić information content (AvgIpc) is 2.68. The molecule has 1 aromatic heterocycles. The van der Waals surface area contributed by atoms with Crippen LogP contribution in [0.25, 0.3) is 0 Å². The minimum absolute atomic E-state index is 0.538. The van der Waals surface area contributed by atoms with Crippen LogP contribution >= 0.6 is 35.0 Å². The van der Waals surface area contributed by atoms with Crippen LogP contribution in [0.2, 0.25) is 10.0 Å². The molecule has 0 saturated heterocycles. The SMILES string of the molecule is C#CCn1c(SCc2ccc(Cl)c(Cl)c2)nc(C)c1C. The minimum Gasteiger partial charge on any atom is -0.312 e. The summed E-state index contributed by atoms with van der Waals surface area (Å²) in [4.78, 5) is 4.56. The predicted octanol–water partition coefficient (Wildman–Crippen LogP) is 4.73. The maximum atomic E-state index is 6.02. The van der Waals surface area contributed by atoms with Crippen LogP contribution in [0.1, 0.15) is 17.0 Å². The molecule has 0 aliphatic rings. The van der Waals surface area contributed by atoms with E-state index >= 15 is 0 Å². The van der Waals surface area contributed by atoms with Crippen LogP contribution in [0.5, 0.6) is 0 Å². The highest BCUT2D eigenvalue weighted by atomic mass is 35.5. The molecule has 2 aromatic rings. The molecule has 0 saturated carbocycles. The molecule has 0 amide bonds. The van der Waals surface area contributed by atoms with Gasteiger partial charge in [-0.1, -0.05) is 47.0 Å². The first kappa shape index (κ1) is 15.3. The lowest BCUT2D eigenvalue weighted by molar-refractivity contribution is 0.716. The van der Waals surface area contributed by atoms with E-state index in [9.17, 15) is 0 Å². The molecule has 0 fully saturated rings. The van der Waals surface area contributed by atoms with E-state index in [1.54, 1.807) is 11.8 Å². The van der Waals surface area contributed by atoms with Crippen molar-refractivity contribution in [2.45, 2.75) is 31.3 Å². The van der Waals surface area contributed by atoms with Gasteiger partial charge in [-0.2, -0.15) is 0 Å². The standard InChI is InChI=1S/C15H14Cl2N2S/c1-4-7-19-11(3)10(2)18-15(19)20-9-12-5-6-13(16)14(17)8-12/h1,5-6,8H,7,9H2,2-3H3. The number of hydrogen-bond donors (Lipinski definition) is 0. The second-order valence-corrected chi connectivity index (χ2v) is 6.15. The van der Waals surface area contributed by atoms with Gasteiger partial charge < -0.3 is 4.57 Å². The second kappa shape index (κ2) is 6.58. The molecule has 0 bridgehead atoms. The lowest BCUT2D eigenvalue weighted by atomic mass is 10.2. The molecule has 0 aliphatic carbocycles. The Labute approximate surface area is 133 Å². The summed E-state index contributed by atoms with van der Waals surface area (Å²) in [6.07, 6.45) is 5.41. The normalized spacial score (nSPS) is 10.6. The number of imidazole rings is 1. The summed E-state index contributed by atoms with van der Waals surface area (Å²) in [6, 6.07) is 5.66. The van der Waals surface area contributed by atoms with Gasteiger partial charge in [-0.25, -0.2) is 4.98 Å². The molecule has 0 atom stereocenters. The van der Waals surface area contributed by atoms with Crippen molar-refractivity contribution >= 4 is 35.0 Å². The number of nitrogens with zero attached hydrogens (tertiary/aromatic N) is 2. The Morgan fingerprint density at radius 1 is 1.30 bits per heavy atom. The summed E-state index contributed by atoms with van der Waals surface area (Å²) in [6.45, 7) is 4.56. The first-order chi connectivity index (χ1) is 9.52. The largest absolute Gasteiger partial charge is 0.312 e. The lowest BCUT2D eigenvalue weighted by Crippen LogP contribution is -2.00. The van der Waals surface area contributed by atoms with Gasteiger partial charge >= 0.3 is 0 Å². The fourth-order valence-corrected chi connectivity index (χ4v) is 3.14. The van der Waals surface area contributed by atoms with Gasteiger partial charge in [-0.3, -0.25) is 0 Å². The van der Waals surface area contributed by atoms with Crippen molar-refractivity contribution in [3.63, 3.8) is 0 Å². The number of aryl methyl sites for hydroxylation is 1. The van der Waals surface area contributed by atoms with Crippen LogP contribution in [0.4, 0.5) is 0 Å². The highest BCUT2D eigenvalue weighted by molar-refractivity contribution is 7.98. The first-order valence-electron chi connectivity index (χ1n) is 6.07. The van der Waals surface area contributed by atoms with Gasteiger partial charge in [-0.15, -0.1) is 6.42 Å². The zero-order chi connectivity index (χ0) is 14.7. The molecule has 5 heteroatoms. The molecule has 0 aliphatic heterocycles. The second-order valence-electron chi connectivity index (χ2n) is 4.39. The van der Waals surface area contributed by atoms with Crippen LogP contribution in [-0.4, -0.2) is 9.55 Å². The number of rotatable bonds is 4. The van der Waals surface area contributed by atoms with E-state index in [4.69, 9.17) is 29.6 Å². The maximum Gasteiger partial charge on any atom is 0.169 e. The van der Waals surface area contributed by atoms with Gasteiger partial charge in [0.05, 0.1) is 22.3 Å². The molecule has 1 heterocycles. The Hall–Kier alpha value is -1.08. The van der Waals surface area contributed by atoms with Gasteiger partial charge in [0.15, 0.2) is 5.16 Å². The molecule has 104 valence electrons. The molecule has 0 unspecified atom stereocenters. The monoisotopic (exact) mass is 324 g/mol.